The van der Waals surface area contributed by atoms with Gasteiger partial charge in [-0.15, -0.1) is 0 Å². The van der Waals surface area contributed by atoms with Crippen molar-refractivity contribution in [1.82, 2.24) is 24.9 Å². The maximum absolute atomic E-state index is 6.75. The molecule has 0 radical (unpaired) electrons. The van der Waals surface area contributed by atoms with Crippen LogP contribution in [0.1, 0.15) is 0 Å². The minimum absolute atomic E-state index is 0.534. The number of benzene rings is 7. The number of aromatic nitrogens is 5. The van der Waals surface area contributed by atoms with Gasteiger partial charge in [-0.25, -0.2) is 24.9 Å². The maximum atomic E-state index is 6.75. The van der Waals surface area contributed by atoms with E-state index in [0.717, 1.165) is 82.7 Å². The van der Waals surface area contributed by atoms with Gasteiger partial charge in [0.1, 0.15) is 39.1 Å². The van der Waals surface area contributed by atoms with E-state index in [2.05, 4.69) is 24.3 Å². The predicted molar refractivity (Wildman–Crippen MR) is 224 cm³/mol. The first-order chi connectivity index (χ1) is 28.2. The van der Waals surface area contributed by atoms with E-state index in [1.54, 1.807) is 0 Å². The van der Waals surface area contributed by atoms with Gasteiger partial charge < -0.3 is 13.3 Å². The van der Waals surface area contributed by atoms with Gasteiger partial charge in [0, 0.05) is 49.2 Å². The van der Waals surface area contributed by atoms with Crippen molar-refractivity contribution in [3.05, 3.63) is 164 Å². The highest BCUT2D eigenvalue weighted by Crippen LogP contribution is 2.40. The molecule has 266 valence electrons. The van der Waals surface area contributed by atoms with Gasteiger partial charge in [0.05, 0.1) is 5.56 Å². The van der Waals surface area contributed by atoms with Crippen molar-refractivity contribution in [2.24, 2.45) is 0 Å². The van der Waals surface area contributed by atoms with Gasteiger partial charge in [-0.2, -0.15) is 0 Å². The molecule has 0 aliphatic heterocycles. The van der Waals surface area contributed by atoms with Gasteiger partial charge >= 0.3 is 0 Å². The van der Waals surface area contributed by atoms with E-state index in [1.807, 2.05) is 140 Å². The first-order valence-electron chi connectivity index (χ1n) is 18.7. The Kier molecular flexibility index (Phi) is 6.76. The summed E-state index contributed by atoms with van der Waals surface area (Å²) in [5.41, 5.74) is 10.2. The first kappa shape index (κ1) is 31.4. The van der Waals surface area contributed by atoms with Crippen LogP contribution in [0.3, 0.4) is 0 Å². The molecule has 7 aromatic carbocycles. The highest BCUT2D eigenvalue weighted by molar-refractivity contribution is 6.11. The molecule has 0 saturated heterocycles. The Balaban J connectivity index is 1.02. The molecule has 0 aliphatic carbocycles. The van der Waals surface area contributed by atoms with Crippen LogP contribution in [0, 0.1) is 0 Å². The molecule has 0 unspecified atom stereocenters. The monoisotopic (exact) mass is 733 g/mol. The quantitative estimate of drug-likeness (QED) is 0.172. The molecule has 0 atom stereocenters. The fourth-order valence-corrected chi connectivity index (χ4v) is 7.83. The van der Waals surface area contributed by atoms with E-state index < -0.39 is 0 Å². The van der Waals surface area contributed by atoms with Crippen molar-refractivity contribution in [2.45, 2.75) is 0 Å². The topological polar surface area (TPSA) is 104 Å². The summed E-state index contributed by atoms with van der Waals surface area (Å²) >= 11 is 0. The van der Waals surface area contributed by atoms with Gasteiger partial charge in [-0.1, -0.05) is 109 Å². The molecule has 0 saturated carbocycles. The van der Waals surface area contributed by atoms with Crippen LogP contribution in [-0.2, 0) is 0 Å². The first-order valence-corrected chi connectivity index (χ1v) is 18.7. The normalized spacial score (nSPS) is 11.9. The van der Waals surface area contributed by atoms with Crippen LogP contribution in [0.15, 0.2) is 177 Å². The molecule has 57 heavy (non-hydrogen) atoms. The highest BCUT2D eigenvalue weighted by atomic mass is 16.3. The molecule has 0 spiro atoms. The lowest BCUT2D eigenvalue weighted by Crippen LogP contribution is -2.00. The van der Waals surface area contributed by atoms with Crippen LogP contribution in [-0.4, -0.2) is 24.9 Å². The summed E-state index contributed by atoms with van der Waals surface area (Å²) < 4.78 is 19.2. The molecule has 0 bridgehead atoms. The lowest BCUT2D eigenvalue weighted by atomic mass is 10.1. The van der Waals surface area contributed by atoms with E-state index in [1.165, 1.54) is 0 Å². The standard InChI is InChI=1S/C49H27N5O3/c1-3-12-28(13-4-1)42-45-43(35-17-8-10-21-39(35)56-45)51-49(50-42)36-19-11-18-34-33-24-22-31(27-41(33)57-44(34)36)48-53-46(29-14-5-2-6-15-29)52-47(54-48)30-23-25-40-37(26-30)32-16-7-9-20-38(32)55-40/h1-27H. The molecule has 0 N–H and O–H groups in total. The van der Waals surface area contributed by atoms with E-state index in [4.69, 9.17) is 38.2 Å². The Hall–Kier alpha value is -7.97. The zero-order valence-corrected chi connectivity index (χ0v) is 30.0. The van der Waals surface area contributed by atoms with Crippen LogP contribution < -0.4 is 0 Å². The minimum Gasteiger partial charge on any atom is -0.456 e. The fraction of sp³-hybridized carbons (Fsp3) is 0. The third-order valence-electron chi connectivity index (χ3n) is 10.6. The Morgan fingerprint density at radius 3 is 1.67 bits per heavy atom. The largest absolute Gasteiger partial charge is 0.456 e. The lowest BCUT2D eigenvalue weighted by molar-refractivity contribution is 0.666. The maximum Gasteiger partial charge on any atom is 0.180 e. The van der Waals surface area contributed by atoms with Crippen LogP contribution in [0.4, 0.5) is 0 Å². The van der Waals surface area contributed by atoms with E-state index >= 15 is 0 Å². The van der Waals surface area contributed by atoms with Crippen molar-refractivity contribution in [3.63, 3.8) is 0 Å². The lowest BCUT2D eigenvalue weighted by Gasteiger charge is -2.08. The molecule has 5 aromatic heterocycles. The number of nitrogens with zero attached hydrogens (tertiary/aromatic N) is 5. The molecular formula is C49H27N5O3. The highest BCUT2D eigenvalue weighted by Gasteiger charge is 2.22. The molecule has 0 fully saturated rings. The summed E-state index contributed by atoms with van der Waals surface area (Å²) in [6.07, 6.45) is 0. The third-order valence-corrected chi connectivity index (χ3v) is 10.6. The van der Waals surface area contributed by atoms with Crippen molar-refractivity contribution >= 4 is 65.9 Å². The van der Waals surface area contributed by atoms with Gasteiger partial charge in [0.15, 0.2) is 28.9 Å². The second-order valence-electron chi connectivity index (χ2n) is 14.0. The molecule has 8 nitrogen and oxygen atoms in total. The zero-order valence-electron chi connectivity index (χ0n) is 30.0. The molecular weight excluding hydrogens is 707 g/mol. The van der Waals surface area contributed by atoms with E-state index in [-0.39, 0.29) is 0 Å². The van der Waals surface area contributed by atoms with Gasteiger partial charge in [0.2, 0.25) is 0 Å². The Morgan fingerprint density at radius 1 is 0.298 bits per heavy atom. The Morgan fingerprint density at radius 2 is 0.877 bits per heavy atom. The number of para-hydroxylation sites is 3. The zero-order chi connectivity index (χ0) is 37.5. The fourth-order valence-electron chi connectivity index (χ4n) is 7.83. The number of hydrogen-bond donors (Lipinski definition) is 0. The van der Waals surface area contributed by atoms with Crippen LogP contribution in [0.5, 0.6) is 0 Å². The van der Waals surface area contributed by atoms with Crippen LogP contribution in [0.25, 0.3) is 123 Å². The summed E-state index contributed by atoms with van der Waals surface area (Å²) in [6, 6.07) is 54.3. The predicted octanol–water partition coefficient (Wildman–Crippen LogP) is 12.7. The second-order valence-corrected chi connectivity index (χ2v) is 14.0. The summed E-state index contributed by atoms with van der Waals surface area (Å²) in [5, 5.41) is 4.90. The molecule has 12 aromatic rings. The smallest absolute Gasteiger partial charge is 0.180 e. The third kappa shape index (κ3) is 5.04. The molecule has 12 rings (SSSR count). The molecule has 8 heteroatoms. The summed E-state index contributed by atoms with van der Waals surface area (Å²) in [5.74, 6) is 2.22. The summed E-state index contributed by atoms with van der Waals surface area (Å²) in [4.78, 5) is 25.3. The van der Waals surface area contributed by atoms with Crippen LogP contribution in [0.2, 0.25) is 0 Å². The molecule has 0 aliphatic rings. The number of rotatable bonds is 5. The average Bonchev–Trinajstić information content (AvgIpc) is 3.97. The number of furan rings is 3. The SMILES string of the molecule is c1ccc(-c2nc(-c3ccc4c(c3)oc3c(-c5nc(-c6ccccc6)c6oc7ccccc7c6n5)cccc34)nc(-c3ccc4oc5ccccc5c4c3)n2)cc1. The van der Waals surface area contributed by atoms with Crippen molar-refractivity contribution in [1.29, 1.82) is 0 Å². The number of fused-ring (bicyclic) bond motifs is 9. The number of hydrogen-bond acceptors (Lipinski definition) is 8. The second kappa shape index (κ2) is 12.3. The summed E-state index contributed by atoms with van der Waals surface area (Å²) in [6.45, 7) is 0. The van der Waals surface area contributed by atoms with Crippen molar-refractivity contribution < 1.29 is 13.3 Å². The average molecular weight is 734 g/mol. The van der Waals surface area contributed by atoms with Crippen LogP contribution >= 0.6 is 0 Å². The molecule has 0 amide bonds. The Labute approximate surface area is 323 Å². The van der Waals surface area contributed by atoms with Crippen molar-refractivity contribution in [2.75, 3.05) is 0 Å². The van der Waals surface area contributed by atoms with Gasteiger partial charge in [0.25, 0.3) is 0 Å². The van der Waals surface area contributed by atoms with Gasteiger partial charge in [-0.3, -0.25) is 0 Å². The van der Waals surface area contributed by atoms with E-state index in [9.17, 15) is 0 Å². The summed E-state index contributed by atoms with van der Waals surface area (Å²) in [7, 11) is 0. The van der Waals surface area contributed by atoms with Crippen molar-refractivity contribution in [3.8, 4) is 56.8 Å². The van der Waals surface area contributed by atoms with E-state index in [0.29, 0.717) is 40.0 Å². The Bertz CT molecular complexity index is 3530. The minimum atomic E-state index is 0.534. The van der Waals surface area contributed by atoms with Gasteiger partial charge in [-0.05, 0) is 54.6 Å². The molecule has 5 heterocycles.